The van der Waals surface area contributed by atoms with Crippen LogP contribution in [-0.4, -0.2) is 36.1 Å². The molecule has 0 radical (unpaired) electrons. The number of nitrogen functional groups attached to an aromatic ring is 1. The zero-order chi connectivity index (χ0) is 13.3. The number of aliphatic carboxylic acids is 1. The fourth-order valence-electron chi connectivity index (χ4n) is 2.54. The second kappa shape index (κ2) is 4.78. The first-order valence-electron chi connectivity index (χ1n) is 5.93. The molecule has 1 aliphatic rings. The summed E-state index contributed by atoms with van der Waals surface area (Å²) in [7, 11) is 1.99. The second-order valence-corrected chi connectivity index (χ2v) is 5.36. The van der Waals surface area contributed by atoms with E-state index in [2.05, 4.69) is 4.90 Å². The Morgan fingerprint density at radius 3 is 2.61 bits per heavy atom. The first-order chi connectivity index (χ1) is 8.45. The Morgan fingerprint density at radius 2 is 2.06 bits per heavy atom. The Kier molecular flexibility index (Phi) is 3.50. The number of nitrogens with zero attached hydrogens (tertiary/aromatic N) is 1. The topological polar surface area (TPSA) is 66.6 Å². The molecule has 5 heteroatoms. The summed E-state index contributed by atoms with van der Waals surface area (Å²) in [4.78, 5) is 13.9. The standard InChI is InChI=1S/C13H17ClN2O2/c1-16-6-4-13(5-7-16,12(17)18)10-8-9(14)2-3-11(10)15/h2-3,8H,4-7,15H2,1H3,(H,17,18). The highest BCUT2D eigenvalue weighted by atomic mass is 35.5. The van der Waals surface area contributed by atoms with Gasteiger partial charge in [-0.05, 0) is 56.7 Å². The molecule has 1 aromatic carbocycles. The molecule has 18 heavy (non-hydrogen) atoms. The third kappa shape index (κ3) is 2.18. The monoisotopic (exact) mass is 268 g/mol. The number of halogens is 1. The molecule has 98 valence electrons. The van der Waals surface area contributed by atoms with Gasteiger partial charge in [-0.3, -0.25) is 4.79 Å². The first-order valence-corrected chi connectivity index (χ1v) is 6.31. The number of carboxylic acid groups (broad SMARTS) is 1. The van der Waals surface area contributed by atoms with Gasteiger partial charge in [-0.1, -0.05) is 11.6 Å². The van der Waals surface area contributed by atoms with Crippen LogP contribution in [0.25, 0.3) is 0 Å². The lowest BCUT2D eigenvalue weighted by molar-refractivity contribution is -0.145. The third-order valence-electron chi connectivity index (χ3n) is 3.78. The van der Waals surface area contributed by atoms with Gasteiger partial charge < -0.3 is 15.7 Å². The minimum Gasteiger partial charge on any atom is -0.481 e. The van der Waals surface area contributed by atoms with Crippen molar-refractivity contribution < 1.29 is 9.90 Å². The number of carbonyl (C=O) groups is 1. The second-order valence-electron chi connectivity index (χ2n) is 4.92. The average Bonchev–Trinajstić information content (AvgIpc) is 2.33. The predicted molar refractivity (Wildman–Crippen MR) is 71.9 cm³/mol. The minimum atomic E-state index is -0.901. The van der Waals surface area contributed by atoms with Gasteiger partial charge in [-0.15, -0.1) is 0 Å². The van der Waals surface area contributed by atoms with Crippen LogP contribution in [0.5, 0.6) is 0 Å². The molecule has 1 heterocycles. The summed E-state index contributed by atoms with van der Waals surface area (Å²) >= 11 is 5.97. The molecule has 1 aliphatic heterocycles. The van der Waals surface area contributed by atoms with Crippen LogP contribution in [0, 0.1) is 0 Å². The number of nitrogens with two attached hydrogens (primary N) is 1. The summed E-state index contributed by atoms with van der Waals surface area (Å²) in [6.45, 7) is 1.50. The summed E-state index contributed by atoms with van der Waals surface area (Å²) in [5.74, 6) is -0.815. The number of rotatable bonds is 2. The van der Waals surface area contributed by atoms with E-state index in [1.807, 2.05) is 7.05 Å². The van der Waals surface area contributed by atoms with Crippen molar-refractivity contribution in [2.45, 2.75) is 18.3 Å². The molecule has 4 nitrogen and oxygen atoms in total. The van der Waals surface area contributed by atoms with Crippen LogP contribution in [0.3, 0.4) is 0 Å². The van der Waals surface area contributed by atoms with E-state index in [0.29, 0.717) is 29.1 Å². The van der Waals surface area contributed by atoms with Gasteiger partial charge in [-0.2, -0.15) is 0 Å². The zero-order valence-corrected chi connectivity index (χ0v) is 11.1. The van der Waals surface area contributed by atoms with Gasteiger partial charge in [0.1, 0.15) is 0 Å². The average molecular weight is 269 g/mol. The zero-order valence-electron chi connectivity index (χ0n) is 10.3. The smallest absolute Gasteiger partial charge is 0.314 e. The first kappa shape index (κ1) is 13.2. The number of carboxylic acids is 1. The molecule has 0 amide bonds. The highest BCUT2D eigenvalue weighted by Gasteiger charge is 2.43. The van der Waals surface area contributed by atoms with Crippen molar-refractivity contribution in [3.63, 3.8) is 0 Å². The quantitative estimate of drug-likeness (QED) is 0.805. The molecule has 0 aliphatic carbocycles. The molecule has 2 rings (SSSR count). The van der Waals surface area contributed by atoms with Crippen LogP contribution in [-0.2, 0) is 10.2 Å². The summed E-state index contributed by atoms with van der Waals surface area (Å²) < 4.78 is 0. The summed E-state index contributed by atoms with van der Waals surface area (Å²) in [6, 6.07) is 5.06. The van der Waals surface area contributed by atoms with E-state index in [4.69, 9.17) is 17.3 Å². The molecule has 0 spiro atoms. The summed E-state index contributed by atoms with van der Waals surface area (Å²) in [5, 5.41) is 10.2. The van der Waals surface area contributed by atoms with Crippen LogP contribution < -0.4 is 5.73 Å². The number of piperidine rings is 1. The fraction of sp³-hybridized carbons (Fsp3) is 0.462. The van der Waals surface area contributed by atoms with Gasteiger partial charge in [0, 0.05) is 10.7 Å². The summed E-state index contributed by atoms with van der Waals surface area (Å²) in [6.07, 6.45) is 1.12. The molecular weight excluding hydrogens is 252 g/mol. The van der Waals surface area contributed by atoms with Gasteiger partial charge in [0.2, 0.25) is 0 Å². The lowest BCUT2D eigenvalue weighted by Gasteiger charge is -2.38. The van der Waals surface area contributed by atoms with Crippen molar-refractivity contribution in [1.29, 1.82) is 0 Å². The van der Waals surface area contributed by atoms with Gasteiger partial charge >= 0.3 is 5.97 Å². The van der Waals surface area contributed by atoms with E-state index in [9.17, 15) is 9.90 Å². The highest BCUT2D eigenvalue weighted by molar-refractivity contribution is 6.30. The highest BCUT2D eigenvalue weighted by Crippen LogP contribution is 2.39. The Hall–Kier alpha value is -1.26. The molecule has 0 aromatic heterocycles. The third-order valence-corrected chi connectivity index (χ3v) is 4.02. The Morgan fingerprint density at radius 1 is 1.44 bits per heavy atom. The predicted octanol–water partition coefficient (Wildman–Crippen LogP) is 1.97. The molecule has 0 saturated carbocycles. The number of hydrogen-bond donors (Lipinski definition) is 2. The maximum Gasteiger partial charge on any atom is 0.314 e. The van der Waals surface area contributed by atoms with Gasteiger partial charge in [-0.25, -0.2) is 0 Å². The molecule has 0 bridgehead atoms. The molecule has 0 unspecified atom stereocenters. The molecule has 1 aromatic rings. The van der Waals surface area contributed by atoms with Crippen molar-refractivity contribution in [2.24, 2.45) is 0 Å². The van der Waals surface area contributed by atoms with E-state index in [1.54, 1.807) is 18.2 Å². The Labute approximate surface area is 111 Å². The van der Waals surface area contributed by atoms with Crippen molar-refractivity contribution >= 4 is 23.3 Å². The fourth-order valence-corrected chi connectivity index (χ4v) is 2.71. The van der Waals surface area contributed by atoms with Gasteiger partial charge in [0.15, 0.2) is 0 Å². The molecule has 1 saturated heterocycles. The minimum absolute atomic E-state index is 0.506. The largest absolute Gasteiger partial charge is 0.481 e. The maximum atomic E-state index is 11.7. The van der Waals surface area contributed by atoms with Gasteiger partial charge in [0.25, 0.3) is 0 Å². The summed E-state index contributed by atoms with van der Waals surface area (Å²) in [5.41, 5.74) is 6.20. The van der Waals surface area contributed by atoms with E-state index in [-0.39, 0.29) is 0 Å². The number of benzene rings is 1. The normalized spacial score (nSPS) is 19.7. The van der Waals surface area contributed by atoms with E-state index in [1.165, 1.54) is 0 Å². The van der Waals surface area contributed by atoms with Crippen molar-refractivity contribution in [3.05, 3.63) is 28.8 Å². The van der Waals surface area contributed by atoms with Crippen molar-refractivity contribution in [3.8, 4) is 0 Å². The van der Waals surface area contributed by atoms with E-state index < -0.39 is 11.4 Å². The van der Waals surface area contributed by atoms with Crippen LogP contribution >= 0.6 is 11.6 Å². The number of likely N-dealkylation sites (tertiary alicyclic amines) is 1. The van der Waals surface area contributed by atoms with Crippen LogP contribution in [0.15, 0.2) is 18.2 Å². The maximum absolute atomic E-state index is 11.7. The van der Waals surface area contributed by atoms with Crippen molar-refractivity contribution in [2.75, 3.05) is 25.9 Å². The molecule has 3 N–H and O–H groups in total. The van der Waals surface area contributed by atoms with Crippen LogP contribution in [0.1, 0.15) is 18.4 Å². The molecular formula is C13H17ClN2O2. The van der Waals surface area contributed by atoms with Gasteiger partial charge in [0.05, 0.1) is 5.41 Å². The molecule has 0 atom stereocenters. The SMILES string of the molecule is CN1CCC(C(=O)O)(c2cc(Cl)ccc2N)CC1. The number of hydrogen-bond acceptors (Lipinski definition) is 3. The van der Waals surface area contributed by atoms with Crippen molar-refractivity contribution in [1.82, 2.24) is 4.90 Å². The lowest BCUT2D eigenvalue weighted by Crippen LogP contribution is -2.46. The van der Waals surface area contributed by atoms with Crippen LogP contribution in [0.2, 0.25) is 5.02 Å². The van der Waals surface area contributed by atoms with Crippen LogP contribution in [0.4, 0.5) is 5.69 Å². The van der Waals surface area contributed by atoms with E-state index in [0.717, 1.165) is 13.1 Å². The lowest BCUT2D eigenvalue weighted by atomic mass is 9.72. The Bertz CT molecular complexity index is 468. The molecule has 1 fully saturated rings. The van der Waals surface area contributed by atoms with E-state index >= 15 is 0 Å². The number of anilines is 1. The Balaban J connectivity index is 2.47.